The van der Waals surface area contributed by atoms with Crippen LogP contribution in [0.5, 0.6) is 0 Å². The molecule has 0 aliphatic carbocycles. The molecule has 0 radical (unpaired) electrons. The van der Waals surface area contributed by atoms with E-state index in [9.17, 15) is 4.79 Å². The summed E-state index contributed by atoms with van der Waals surface area (Å²) in [4.78, 5) is 23.3. The molecule has 9 heteroatoms. The van der Waals surface area contributed by atoms with E-state index in [-0.39, 0.29) is 6.61 Å². The second-order valence-electron chi connectivity index (χ2n) is 2.96. The van der Waals surface area contributed by atoms with E-state index in [1.807, 2.05) is 0 Å². The van der Waals surface area contributed by atoms with E-state index in [4.69, 9.17) is 39.5 Å². The molecule has 1 heterocycles. The summed E-state index contributed by atoms with van der Waals surface area (Å²) in [6.45, 7) is 1.09. The molecule has 0 saturated carbocycles. The Morgan fingerprint density at radius 3 is 1.74 bits per heavy atom. The zero-order valence-electron chi connectivity index (χ0n) is 10.2. The lowest BCUT2D eigenvalue weighted by Gasteiger charge is -2.19. The van der Waals surface area contributed by atoms with Gasteiger partial charge < -0.3 is 9.64 Å². The third-order valence-corrected chi connectivity index (χ3v) is 2.16. The fraction of sp³-hybridized carbons (Fsp3) is 0.600. The average molecular weight is 330 g/mol. The number of amides is 1. The van der Waals surface area contributed by atoms with Crippen LogP contribution in [-0.2, 0) is 4.74 Å². The van der Waals surface area contributed by atoms with Crippen LogP contribution in [0.3, 0.4) is 0 Å². The van der Waals surface area contributed by atoms with Crippen LogP contribution in [-0.4, -0.2) is 63.3 Å². The summed E-state index contributed by atoms with van der Waals surface area (Å²) >= 11 is 16.3. The Morgan fingerprint density at radius 1 is 0.947 bits per heavy atom. The Labute approximate surface area is 127 Å². The predicted octanol–water partition coefficient (Wildman–Crippen LogP) is 2.01. The van der Waals surface area contributed by atoms with Gasteiger partial charge in [0.15, 0.2) is 0 Å². The first-order chi connectivity index (χ1) is 9.26. The van der Waals surface area contributed by atoms with E-state index in [1.165, 1.54) is 23.9 Å². The standard InChI is InChI=1S/C7H12Cl3NO2.C3H3N3/c8-1-4-11(5-2-9)7(12)13-6-3-10;1-4-2-6-3-5-1/h1-6H2;1-3H. The van der Waals surface area contributed by atoms with Gasteiger partial charge in [-0.05, 0) is 0 Å². The molecule has 0 N–H and O–H groups in total. The molecule has 0 bridgehead atoms. The van der Waals surface area contributed by atoms with Crippen LogP contribution in [0.4, 0.5) is 4.79 Å². The summed E-state index contributed by atoms with van der Waals surface area (Å²) in [7, 11) is 0. The second-order valence-corrected chi connectivity index (χ2v) is 4.10. The highest BCUT2D eigenvalue weighted by Gasteiger charge is 2.12. The molecule has 0 fully saturated rings. The van der Waals surface area contributed by atoms with Crippen molar-refractivity contribution in [3.8, 4) is 0 Å². The average Bonchev–Trinajstić information content (AvgIpc) is 2.47. The maximum Gasteiger partial charge on any atom is 0.409 e. The van der Waals surface area contributed by atoms with Gasteiger partial charge in [0.2, 0.25) is 0 Å². The number of aromatic nitrogens is 3. The first kappa shape index (κ1) is 18.1. The van der Waals surface area contributed by atoms with Crippen LogP contribution in [0.15, 0.2) is 19.0 Å². The van der Waals surface area contributed by atoms with Crippen LogP contribution in [0.25, 0.3) is 0 Å². The van der Waals surface area contributed by atoms with Gasteiger partial charge in [0.05, 0.1) is 5.88 Å². The molecule has 0 atom stereocenters. The minimum Gasteiger partial charge on any atom is -0.448 e. The molecule has 0 saturated heterocycles. The van der Waals surface area contributed by atoms with Crippen molar-refractivity contribution in [2.24, 2.45) is 0 Å². The number of hydrogen-bond acceptors (Lipinski definition) is 5. The van der Waals surface area contributed by atoms with Crippen molar-refractivity contribution in [3.63, 3.8) is 0 Å². The molecule has 1 rings (SSSR count). The molecule has 1 aromatic rings. The lowest BCUT2D eigenvalue weighted by Crippen LogP contribution is -2.35. The molecule has 108 valence electrons. The third-order valence-electron chi connectivity index (χ3n) is 1.67. The number of carbonyl (C=O) groups is 1. The van der Waals surface area contributed by atoms with Crippen LogP contribution in [0, 0.1) is 0 Å². The third kappa shape index (κ3) is 10.7. The van der Waals surface area contributed by atoms with E-state index in [1.54, 1.807) is 0 Å². The minimum atomic E-state index is -0.415. The fourth-order valence-electron chi connectivity index (χ4n) is 0.921. The lowest BCUT2D eigenvalue weighted by atomic mass is 10.5. The van der Waals surface area contributed by atoms with Crippen molar-refractivity contribution < 1.29 is 9.53 Å². The zero-order valence-corrected chi connectivity index (χ0v) is 12.5. The molecular formula is C10H15Cl3N4O2. The van der Waals surface area contributed by atoms with Gasteiger partial charge in [-0.2, -0.15) is 0 Å². The molecule has 0 unspecified atom stereocenters. The number of hydrogen-bond donors (Lipinski definition) is 0. The Kier molecular flexibility index (Phi) is 13.0. The monoisotopic (exact) mass is 328 g/mol. The Morgan fingerprint density at radius 2 is 1.42 bits per heavy atom. The summed E-state index contributed by atoms with van der Waals surface area (Å²) in [5.41, 5.74) is 0. The van der Waals surface area contributed by atoms with Crippen molar-refractivity contribution in [1.82, 2.24) is 19.9 Å². The maximum absolute atomic E-state index is 11.2. The quantitative estimate of drug-likeness (QED) is 0.747. The molecule has 0 aliphatic rings. The van der Waals surface area contributed by atoms with Crippen molar-refractivity contribution in [2.75, 3.05) is 37.3 Å². The van der Waals surface area contributed by atoms with E-state index in [0.29, 0.717) is 30.7 Å². The summed E-state index contributed by atoms with van der Waals surface area (Å²) < 4.78 is 4.80. The van der Waals surface area contributed by atoms with Gasteiger partial charge in [-0.3, -0.25) is 0 Å². The fourth-order valence-corrected chi connectivity index (χ4v) is 1.41. The molecule has 0 aliphatic heterocycles. The molecular weight excluding hydrogens is 314 g/mol. The number of alkyl halides is 3. The number of halogens is 3. The normalized spacial score (nSPS) is 9.21. The second kappa shape index (κ2) is 13.6. The van der Waals surface area contributed by atoms with E-state index >= 15 is 0 Å². The van der Waals surface area contributed by atoms with E-state index in [0.717, 1.165) is 0 Å². The van der Waals surface area contributed by atoms with Crippen molar-refractivity contribution in [3.05, 3.63) is 19.0 Å². The van der Waals surface area contributed by atoms with Crippen LogP contribution < -0.4 is 0 Å². The number of ether oxygens (including phenoxy) is 1. The predicted molar refractivity (Wildman–Crippen MR) is 74.9 cm³/mol. The van der Waals surface area contributed by atoms with Gasteiger partial charge in [-0.15, -0.1) is 34.8 Å². The first-order valence-corrected chi connectivity index (χ1v) is 7.01. The van der Waals surface area contributed by atoms with Crippen molar-refractivity contribution >= 4 is 40.9 Å². The molecule has 1 aromatic heterocycles. The highest BCUT2D eigenvalue weighted by molar-refractivity contribution is 6.18. The molecule has 19 heavy (non-hydrogen) atoms. The van der Waals surface area contributed by atoms with Gasteiger partial charge in [0.25, 0.3) is 0 Å². The van der Waals surface area contributed by atoms with E-state index in [2.05, 4.69) is 15.0 Å². The van der Waals surface area contributed by atoms with Crippen LogP contribution in [0.2, 0.25) is 0 Å². The van der Waals surface area contributed by atoms with Gasteiger partial charge in [0, 0.05) is 24.8 Å². The summed E-state index contributed by atoms with van der Waals surface area (Å²) in [5.74, 6) is 1.03. The summed E-state index contributed by atoms with van der Waals surface area (Å²) in [5, 5.41) is 0. The SMILES string of the molecule is O=C(OCCCl)N(CCCl)CCCl.c1ncncn1. The first-order valence-electron chi connectivity index (χ1n) is 5.40. The maximum atomic E-state index is 11.2. The minimum absolute atomic E-state index is 0.210. The Balaban J connectivity index is 0.000000443. The van der Waals surface area contributed by atoms with E-state index < -0.39 is 6.09 Å². The molecule has 0 aromatic carbocycles. The van der Waals surface area contributed by atoms with Crippen LogP contribution >= 0.6 is 34.8 Å². The van der Waals surface area contributed by atoms with Crippen LogP contribution in [0.1, 0.15) is 0 Å². The smallest absolute Gasteiger partial charge is 0.409 e. The zero-order chi connectivity index (χ0) is 14.3. The number of rotatable bonds is 6. The summed E-state index contributed by atoms with van der Waals surface area (Å²) in [6, 6.07) is 0. The Hall–Kier alpha value is -0.850. The largest absolute Gasteiger partial charge is 0.448 e. The van der Waals surface area contributed by atoms with Gasteiger partial charge in [0.1, 0.15) is 25.6 Å². The van der Waals surface area contributed by atoms with Gasteiger partial charge >= 0.3 is 6.09 Å². The lowest BCUT2D eigenvalue weighted by molar-refractivity contribution is 0.112. The molecule has 1 amide bonds. The van der Waals surface area contributed by atoms with Crippen molar-refractivity contribution in [2.45, 2.75) is 0 Å². The molecule has 6 nitrogen and oxygen atoms in total. The van der Waals surface area contributed by atoms with Gasteiger partial charge in [-0.1, -0.05) is 0 Å². The summed E-state index contributed by atoms with van der Waals surface area (Å²) in [6.07, 6.45) is 3.90. The van der Waals surface area contributed by atoms with Gasteiger partial charge in [-0.25, -0.2) is 19.7 Å². The highest BCUT2D eigenvalue weighted by Crippen LogP contribution is 1.96. The highest BCUT2D eigenvalue weighted by atomic mass is 35.5. The molecule has 0 spiro atoms. The van der Waals surface area contributed by atoms with Crippen molar-refractivity contribution in [1.29, 1.82) is 0 Å². The Bertz CT molecular complexity index is 286. The number of carbonyl (C=O) groups excluding carboxylic acids is 1. The number of nitrogens with zero attached hydrogens (tertiary/aromatic N) is 4. The topological polar surface area (TPSA) is 68.2 Å².